The summed E-state index contributed by atoms with van der Waals surface area (Å²) in [5, 5.41) is 6.20. The van der Waals surface area contributed by atoms with E-state index < -0.39 is 33.6 Å². The minimum absolute atomic E-state index is 0.0164. The molecule has 0 bridgehead atoms. The number of rotatable bonds is 6. The molecule has 37 heavy (non-hydrogen) atoms. The maximum Gasteiger partial charge on any atom is 0.414 e. The van der Waals surface area contributed by atoms with Crippen LogP contribution >= 0.6 is 0 Å². The van der Waals surface area contributed by atoms with Gasteiger partial charge in [-0.05, 0) is 32.9 Å². The molecule has 17 heteroatoms. The average molecular weight is 534 g/mol. The Morgan fingerprint density at radius 2 is 1.81 bits per heavy atom. The van der Waals surface area contributed by atoms with Crippen LogP contribution in [0.1, 0.15) is 36.8 Å². The highest BCUT2D eigenvalue weighted by Gasteiger charge is 2.19. The number of hydrogen-bond acceptors (Lipinski definition) is 12. The van der Waals surface area contributed by atoms with E-state index in [1.54, 1.807) is 20.8 Å². The first kappa shape index (κ1) is 26.9. The number of sulfonamides is 1. The van der Waals surface area contributed by atoms with Gasteiger partial charge in [-0.25, -0.2) is 37.5 Å². The number of nitrogens with two attached hydrogens (primary N) is 1. The first-order valence-corrected chi connectivity index (χ1v) is 12.3. The Morgan fingerprint density at radius 1 is 1.14 bits per heavy atom. The normalized spacial score (nSPS) is 12.2. The SMILES string of the molecule is CC(C)(C)OC(=O)N/C(N)=N\c1ncc(C(=O)Oc2ccc(CC(=O)NS(C)(=O)=O)n3ncnc23)cn1. The highest BCUT2D eigenvalue weighted by molar-refractivity contribution is 7.89. The summed E-state index contributed by atoms with van der Waals surface area (Å²) in [5.74, 6) is -2.04. The fourth-order valence-corrected chi connectivity index (χ4v) is 3.23. The first-order chi connectivity index (χ1) is 17.2. The molecule has 3 aromatic heterocycles. The summed E-state index contributed by atoms with van der Waals surface area (Å²) >= 11 is 0. The predicted molar refractivity (Wildman–Crippen MR) is 127 cm³/mol. The van der Waals surface area contributed by atoms with Gasteiger partial charge in [0.25, 0.3) is 5.95 Å². The molecule has 4 N–H and O–H groups in total. The van der Waals surface area contributed by atoms with Crippen molar-refractivity contribution in [3.63, 3.8) is 0 Å². The van der Waals surface area contributed by atoms with Crippen molar-refractivity contribution in [3.05, 3.63) is 42.1 Å². The van der Waals surface area contributed by atoms with E-state index in [9.17, 15) is 22.8 Å². The smallest absolute Gasteiger partial charge is 0.414 e. The second-order valence-corrected chi connectivity index (χ2v) is 10.2. The molecule has 0 unspecified atom stereocenters. The summed E-state index contributed by atoms with van der Waals surface area (Å²) in [4.78, 5) is 51.9. The van der Waals surface area contributed by atoms with Gasteiger partial charge in [0.05, 0.1) is 23.9 Å². The molecule has 16 nitrogen and oxygen atoms in total. The maximum absolute atomic E-state index is 12.6. The van der Waals surface area contributed by atoms with Crippen LogP contribution in [0.2, 0.25) is 0 Å². The van der Waals surface area contributed by atoms with Crippen LogP contribution in [0.3, 0.4) is 0 Å². The van der Waals surface area contributed by atoms with Crippen LogP contribution in [0.5, 0.6) is 5.75 Å². The number of esters is 1. The largest absolute Gasteiger partial charge is 0.444 e. The zero-order chi connectivity index (χ0) is 27.4. The molecule has 0 atom stereocenters. The molecule has 0 saturated carbocycles. The van der Waals surface area contributed by atoms with Crippen LogP contribution in [0.4, 0.5) is 10.7 Å². The van der Waals surface area contributed by atoms with E-state index >= 15 is 0 Å². The van der Waals surface area contributed by atoms with Gasteiger partial charge in [0.15, 0.2) is 11.4 Å². The lowest BCUT2D eigenvalue weighted by molar-refractivity contribution is -0.118. The number of alkyl carbamates (subject to hydrolysis) is 1. The lowest BCUT2D eigenvalue weighted by Crippen LogP contribution is -2.40. The third kappa shape index (κ3) is 7.92. The highest BCUT2D eigenvalue weighted by atomic mass is 32.2. The highest BCUT2D eigenvalue weighted by Crippen LogP contribution is 2.21. The Hall–Kier alpha value is -4.67. The number of aromatic nitrogens is 5. The van der Waals surface area contributed by atoms with E-state index in [0.29, 0.717) is 5.69 Å². The second-order valence-electron chi connectivity index (χ2n) is 8.44. The van der Waals surface area contributed by atoms with Gasteiger partial charge in [-0.1, -0.05) is 0 Å². The first-order valence-electron chi connectivity index (χ1n) is 10.4. The third-order valence-electron chi connectivity index (χ3n) is 4.03. The summed E-state index contributed by atoms with van der Waals surface area (Å²) < 4.78 is 36.0. The van der Waals surface area contributed by atoms with E-state index in [1.807, 2.05) is 4.72 Å². The lowest BCUT2D eigenvalue weighted by Gasteiger charge is -2.19. The molecular weight excluding hydrogens is 510 g/mol. The number of hydrogen-bond donors (Lipinski definition) is 3. The molecule has 0 aromatic carbocycles. The van der Waals surface area contributed by atoms with Gasteiger partial charge in [-0.15, -0.1) is 0 Å². The average Bonchev–Trinajstić information content (AvgIpc) is 3.23. The topological polar surface area (TPSA) is 222 Å². The van der Waals surface area contributed by atoms with E-state index in [-0.39, 0.29) is 35.3 Å². The zero-order valence-corrected chi connectivity index (χ0v) is 20.9. The summed E-state index contributed by atoms with van der Waals surface area (Å²) in [6.07, 6.45) is 3.19. The third-order valence-corrected chi connectivity index (χ3v) is 4.63. The summed E-state index contributed by atoms with van der Waals surface area (Å²) in [6, 6.07) is 2.81. The number of pyridine rings is 1. The van der Waals surface area contributed by atoms with Gasteiger partial charge in [0.1, 0.15) is 11.9 Å². The standard InChI is InChI=1S/C20H23N9O7S/c1-20(2,3)36-19(32)27-17(21)26-18-22-8-11(9-23-18)16(31)35-13-6-5-12(29-15(13)24-10-25-29)7-14(30)28-37(4,33)34/h5-6,8-10H,7H2,1-4H3,(H,28,30)(H3,21,22,23,26,27,32). The van der Waals surface area contributed by atoms with Crippen LogP contribution in [0.15, 0.2) is 35.8 Å². The van der Waals surface area contributed by atoms with Crippen LogP contribution in [0.25, 0.3) is 5.65 Å². The molecule has 2 amide bonds. The summed E-state index contributed by atoms with van der Waals surface area (Å²) in [6.45, 7) is 5.05. The van der Waals surface area contributed by atoms with Crippen molar-refractivity contribution in [2.45, 2.75) is 32.8 Å². The number of amides is 2. The van der Waals surface area contributed by atoms with Crippen molar-refractivity contribution >= 4 is 45.5 Å². The Labute approximate surface area is 210 Å². The summed E-state index contributed by atoms with van der Waals surface area (Å²) in [7, 11) is -3.73. The van der Waals surface area contributed by atoms with Crippen LogP contribution in [0, 0.1) is 0 Å². The number of guanidine groups is 1. The van der Waals surface area contributed by atoms with Crippen molar-refractivity contribution in [3.8, 4) is 5.75 Å². The minimum atomic E-state index is -3.73. The summed E-state index contributed by atoms with van der Waals surface area (Å²) in [5.41, 5.74) is 5.29. The van der Waals surface area contributed by atoms with Crippen molar-refractivity contribution in [2.24, 2.45) is 10.7 Å². The van der Waals surface area contributed by atoms with Crippen molar-refractivity contribution < 1.29 is 32.3 Å². The zero-order valence-electron chi connectivity index (χ0n) is 20.1. The van der Waals surface area contributed by atoms with E-state index in [4.69, 9.17) is 15.2 Å². The van der Waals surface area contributed by atoms with Crippen molar-refractivity contribution in [2.75, 3.05) is 6.26 Å². The van der Waals surface area contributed by atoms with Gasteiger partial charge in [-0.2, -0.15) is 10.1 Å². The predicted octanol–water partition coefficient (Wildman–Crippen LogP) is -0.172. The van der Waals surface area contributed by atoms with Gasteiger partial charge < -0.3 is 15.2 Å². The fourth-order valence-electron chi connectivity index (χ4n) is 2.74. The van der Waals surface area contributed by atoms with E-state index in [0.717, 1.165) is 18.6 Å². The molecule has 196 valence electrons. The number of carbonyl (C=O) groups is 3. The van der Waals surface area contributed by atoms with Crippen LogP contribution in [-0.4, -0.2) is 68.8 Å². The number of ether oxygens (including phenoxy) is 2. The Balaban J connectivity index is 1.69. The quantitative estimate of drug-likeness (QED) is 0.213. The molecule has 3 aromatic rings. The maximum atomic E-state index is 12.6. The number of nitrogens with one attached hydrogen (secondary N) is 2. The van der Waals surface area contributed by atoms with E-state index in [2.05, 4.69) is 30.4 Å². The fraction of sp³-hybridized carbons (Fsp3) is 0.300. The molecule has 3 heterocycles. The lowest BCUT2D eigenvalue weighted by atomic mass is 10.2. The van der Waals surface area contributed by atoms with Gasteiger partial charge >= 0.3 is 12.1 Å². The molecular formula is C20H23N9O7S. The number of aliphatic imine (C=N–C) groups is 1. The van der Waals surface area contributed by atoms with Crippen molar-refractivity contribution in [1.29, 1.82) is 0 Å². The Bertz CT molecular complexity index is 1480. The molecule has 3 rings (SSSR count). The second kappa shape index (κ2) is 10.5. The molecule has 0 aliphatic rings. The minimum Gasteiger partial charge on any atom is -0.444 e. The Morgan fingerprint density at radius 3 is 2.43 bits per heavy atom. The van der Waals surface area contributed by atoms with Gasteiger partial charge in [0, 0.05) is 12.4 Å². The van der Waals surface area contributed by atoms with Gasteiger partial charge in [0.2, 0.25) is 21.9 Å². The molecule has 0 fully saturated rings. The van der Waals surface area contributed by atoms with Gasteiger partial charge in [-0.3, -0.25) is 14.8 Å². The number of nitrogens with zero attached hydrogens (tertiary/aromatic N) is 6. The van der Waals surface area contributed by atoms with Crippen LogP contribution in [-0.2, 0) is 26.0 Å². The number of carbonyl (C=O) groups excluding carboxylic acids is 3. The number of fused-ring (bicyclic) bond motifs is 1. The monoisotopic (exact) mass is 533 g/mol. The Kier molecular flexibility index (Phi) is 7.66. The van der Waals surface area contributed by atoms with Crippen molar-refractivity contribution in [1.82, 2.24) is 34.6 Å². The van der Waals surface area contributed by atoms with Crippen LogP contribution < -0.4 is 20.5 Å². The van der Waals surface area contributed by atoms with E-state index in [1.165, 1.54) is 23.0 Å². The molecule has 0 saturated heterocycles. The molecule has 0 spiro atoms. The molecule has 0 aliphatic carbocycles. The molecule has 0 aliphatic heterocycles. The molecule has 0 radical (unpaired) electrons.